The first-order valence-corrected chi connectivity index (χ1v) is 8.14. The molecule has 1 amide bonds. The SMILES string of the molecule is O=C(NC1CCCCC1CCl)c1ccc(Cl)cc1Br. The Hall–Kier alpha value is -0.250. The lowest BCUT2D eigenvalue weighted by atomic mass is 9.85. The van der Waals surface area contributed by atoms with Crippen molar-refractivity contribution < 1.29 is 4.79 Å². The molecule has 0 heterocycles. The summed E-state index contributed by atoms with van der Waals surface area (Å²) in [6.07, 6.45) is 4.46. The highest BCUT2D eigenvalue weighted by Gasteiger charge is 2.26. The summed E-state index contributed by atoms with van der Waals surface area (Å²) in [6.45, 7) is 0. The molecule has 2 unspecified atom stereocenters. The first kappa shape index (κ1) is 15.1. The molecule has 2 rings (SSSR count). The molecule has 1 aromatic carbocycles. The lowest BCUT2D eigenvalue weighted by Crippen LogP contribution is -2.42. The molecular formula is C14H16BrCl2NO. The number of carbonyl (C=O) groups is 1. The third-order valence-corrected chi connectivity index (χ3v) is 4.89. The van der Waals surface area contributed by atoms with Crippen molar-refractivity contribution in [3.05, 3.63) is 33.3 Å². The van der Waals surface area contributed by atoms with Crippen LogP contribution in [-0.2, 0) is 0 Å². The summed E-state index contributed by atoms with van der Waals surface area (Å²) in [7, 11) is 0. The Morgan fingerprint density at radius 3 is 2.79 bits per heavy atom. The van der Waals surface area contributed by atoms with E-state index in [1.54, 1.807) is 18.2 Å². The molecule has 2 nitrogen and oxygen atoms in total. The van der Waals surface area contributed by atoms with Gasteiger partial charge < -0.3 is 5.32 Å². The van der Waals surface area contributed by atoms with Gasteiger partial charge in [0.1, 0.15) is 0 Å². The molecule has 1 saturated carbocycles. The van der Waals surface area contributed by atoms with Crippen LogP contribution >= 0.6 is 39.1 Å². The lowest BCUT2D eigenvalue weighted by Gasteiger charge is -2.30. The molecule has 1 aliphatic carbocycles. The van der Waals surface area contributed by atoms with Gasteiger partial charge in [-0.15, -0.1) is 11.6 Å². The number of amides is 1. The van der Waals surface area contributed by atoms with Crippen LogP contribution < -0.4 is 5.32 Å². The van der Waals surface area contributed by atoms with E-state index in [2.05, 4.69) is 21.2 Å². The molecular weight excluding hydrogens is 349 g/mol. The Labute approximate surface area is 132 Å². The van der Waals surface area contributed by atoms with E-state index in [0.29, 0.717) is 22.4 Å². The molecule has 0 aromatic heterocycles. The fourth-order valence-electron chi connectivity index (χ4n) is 2.50. The van der Waals surface area contributed by atoms with Crippen LogP contribution in [0, 0.1) is 5.92 Å². The molecule has 1 aliphatic rings. The highest BCUT2D eigenvalue weighted by atomic mass is 79.9. The van der Waals surface area contributed by atoms with Crippen molar-refractivity contribution in [3.8, 4) is 0 Å². The van der Waals surface area contributed by atoms with E-state index in [4.69, 9.17) is 23.2 Å². The van der Waals surface area contributed by atoms with E-state index in [1.165, 1.54) is 6.42 Å². The van der Waals surface area contributed by atoms with Crippen molar-refractivity contribution >= 4 is 45.0 Å². The van der Waals surface area contributed by atoms with Crippen molar-refractivity contribution in [3.63, 3.8) is 0 Å². The number of alkyl halides is 1. The largest absolute Gasteiger partial charge is 0.349 e. The van der Waals surface area contributed by atoms with Crippen molar-refractivity contribution in [2.24, 2.45) is 5.92 Å². The molecule has 104 valence electrons. The maximum absolute atomic E-state index is 12.3. The monoisotopic (exact) mass is 363 g/mol. The summed E-state index contributed by atoms with van der Waals surface area (Å²) < 4.78 is 0.718. The zero-order chi connectivity index (χ0) is 13.8. The maximum Gasteiger partial charge on any atom is 0.252 e. The van der Waals surface area contributed by atoms with Gasteiger partial charge in [0.15, 0.2) is 0 Å². The van der Waals surface area contributed by atoms with Gasteiger partial charge in [0.25, 0.3) is 5.91 Å². The van der Waals surface area contributed by atoms with Gasteiger partial charge in [0.05, 0.1) is 5.56 Å². The zero-order valence-corrected chi connectivity index (χ0v) is 13.6. The molecule has 0 bridgehead atoms. The summed E-state index contributed by atoms with van der Waals surface area (Å²) in [5, 5.41) is 3.71. The summed E-state index contributed by atoms with van der Waals surface area (Å²) in [6, 6.07) is 5.37. The number of carbonyl (C=O) groups excluding carboxylic acids is 1. The predicted octanol–water partition coefficient (Wildman–Crippen LogP) is 4.63. The minimum absolute atomic E-state index is 0.0643. The van der Waals surface area contributed by atoms with Gasteiger partial charge in [-0.1, -0.05) is 24.4 Å². The van der Waals surface area contributed by atoms with Crippen LogP contribution in [0.25, 0.3) is 0 Å². The second-order valence-corrected chi connectivity index (χ2v) is 6.50. The summed E-state index contributed by atoms with van der Waals surface area (Å²) >= 11 is 15.2. The van der Waals surface area contributed by atoms with E-state index in [-0.39, 0.29) is 11.9 Å². The van der Waals surface area contributed by atoms with Crippen LogP contribution in [0.15, 0.2) is 22.7 Å². The van der Waals surface area contributed by atoms with Gasteiger partial charge in [-0.25, -0.2) is 0 Å². The smallest absolute Gasteiger partial charge is 0.252 e. The van der Waals surface area contributed by atoms with E-state index in [0.717, 1.165) is 23.7 Å². The molecule has 0 aliphatic heterocycles. The lowest BCUT2D eigenvalue weighted by molar-refractivity contribution is 0.0910. The van der Waals surface area contributed by atoms with Crippen LogP contribution in [0.4, 0.5) is 0 Å². The first-order valence-electron chi connectivity index (χ1n) is 6.43. The summed E-state index contributed by atoms with van der Waals surface area (Å²) in [5.41, 5.74) is 0.614. The third-order valence-electron chi connectivity index (χ3n) is 3.60. The van der Waals surface area contributed by atoms with Crippen LogP contribution in [-0.4, -0.2) is 17.8 Å². The number of rotatable bonds is 3. The number of benzene rings is 1. The number of nitrogens with one attached hydrogen (secondary N) is 1. The fourth-order valence-corrected chi connectivity index (χ4v) is 3.73. The van der Waals surface area contributed by atoms with Crippen molar-refractivity contribution in [1.82, 2.24) is 5.32 Å². The number of hydrogen-bond donors (Lipinski definition) is 1. The minimum Gasteiger partial charge on any atom is -0.349 e. The van der Waals surface area contributed by atoms with Crippen LogP contribution in [0.2, 0.25) is 5.02 Å². The van der Waals surface area contributed by atoms with E-state index >= 15 is 0 Å². The van der Waals surface area contributed by atoms with Gasteiger partial charge in [-0.05, 0) is 52.9 Å². The average molecular weight is 365 g/mol. The molecule has 2 atom stereocenters. The first-order chi connectivity index (χ1) is 9.11. The second-order valence-electron chi connectivity index (χ2n) is 4.90. The topological polar surface area (TPSA) is 29.1 Å². The van der Waals surface area contributed by atoms with Gasteiger partial charge >= 0.3 is 0 Å². The summed E-state index contributed by atoms with van der Waals surface area (Å²) in [5.74, 6) is 0.920. The van der Waals surface area contributed by atoms with Crippen molar-refractivity contribution in [2.45, 2.75) is 31.7 Å². The Balaban J connectivity index is 2.07. The van der Waals surface area contributed by atoms with Crippen molar-refractivity contribution in [2.75, 3.05) is 5.88 Å². The molecule has 1 fully saturated rings. The third kappa shape index (κ3) is 3.87. The molecule has 1 aromatic rings. The molecule has 19 heavy (non-hydrogen) atoms. The number of halogens is 3. The molecule has 5 heteroatoms. The van der Waals surface area contributed by atoms with E-state index in [1.807, 2.05) is 0 Å². The number of hydrogen-bond acceptors (Lipinski definition) is 1. The Morgan fingerprint density at radius 2 is 2.11 bits per heavy atom. The highest BCUT2D eigenvalue weighted by molar-refractivity contribution is 9.10. The molecule has 0 saturated heterocycles. The minimum atomic E-state index is -0.0643. The maximum atomic E-state index is 12.3. The Kier molecular flexibility index (Phi) is 5.55. The zero-order valence-electron chi connectivity index (χ0n) is 10.5. The quantitative estimate of drug-likeness (QED) is 0.778. The van der Waals surface area contributed by atoms with Crippen LogP contribution in [0.5, 0.6) is 0 Å². The molecule has 1 N–H and O–H groups in total. The van der Waals surface area contributed by atoms with E-state index in [9.17, 15) is 4.79 Å². The Morgan fingerprint density at radius 1 is 1.37 bits per heavy atom. The van der Waals surface area contributed by atoms with Gasteiger partial charge in [0, 0.05) is 21.4 Å². The van der Waals surface area contributed by atoms with Crippen LogP contribution in [0.1, 0.15) is 36.0 Å². The second kappa shape index (κ2) is 6.96. The van der Waals surface area contributed by atoms with Gasteiger partial charge in [0.2, 0.25) is 0 Å². The van der Waals surface area contributed by atoms with Gasteiger partial charge in [-0.2, -0.15) is 0 Å². The van der Waals surface area contributed by atoms with Crippen LogP contribution in [0.3, 0.4) is 0 Å². The standard InChI is InChI=1S/C14H16BrCl2NO/c15-12-7-10(17)5-6-11(12)14(19)18-13-4-2-1-3-9(13)8-16/h5-7,9,13H,1-4,8H2,(H,18,19). The fraction of sp³-hybridized carbons (Fsp3) is 0.500. The predicted molar refractivity (Wildman–Crippen MR) is 83.1 cm³/mol. The Bertz CT molecular complexity index is 467. The molecule has 0 spiro atoms. The van der Waals surface area contributed by atoms with Gasteiger partial charge in [-0.3, -0.25) is 4.79 Å². The van der Waals surface area contributed by atoms with E-state index < -0.39 is 0 Å². The highest BCUT2D eigenvalue weighted by Crippen LogP contribution is 2.27. The average Bonchev–Trinajstić information content (AvgIpc) is 2.39. The normalized spacial score (nSPS) is 23.1. The summed E-state index contributed by atoms with van der Waals surface area (Å²) in [4.78, 5) is 12.3. The molecule has 0 radical (unpaired) electrons. The van der Waals surface area contributed by atoms with Crippen molar-refractivity contribution in [1.29, 1.82) is 0 Å².